The van der Waals surface area contributed by atoms with Crippen molar-refractivity contribution in [3.05, 3.63) is 53.2 Å². The molecule has 1 amide bonds. The maximum atomic E-state index is 13.0. The topological polar surface area (TPSA) is 41.6 Å². The van der Waals surface area contributed by atoms with Gasteiger partial charge in [0.25, 0.3) is 0 Å². The zero-order valence-electron chi connectivity index (χ0n) is 14.5. The van der Waals surface area contributed by atoms with Gasteiger partial charge in [0.1, 0.15) is 5.82 Å². The maximum absolute atomic E-state index is 13.0. The van der Waals surface area contributed by atoms with Crippen molar-refractivity contribution in [2.45, 2.75) is 0 Å². The Morgan fingerprint density at radius 1 is 1.24 bits per heavy atom. The van der Waals surface area contributed by atoms with Gasteiger partial charge in [-0.15, -0.1) is 11.3 Å². The van der Waals surface area contributed by atoms with E-state index >= 15 is 0 Å². The van der Waals surface area contributed by atoms with Crippen LogP contribution >= 0.6 is 11.3 Å². The van der Waals surface area contributed by atoms with Gasteiger partial charge in [-0.3, -0.25) is 4.79 Å². The van der Waals surface area contributed by atoms with E-state index < -0.39 is 0 Å². The summed E-state index contributed by atoms with van der Waals surface area (Å²) in [6.07, 6.45) is 3.33. The van der Waals surface area contributed by atoms with Gasteiger partial charge >= 0.3 is 0 Å². The van der Waals surface area contributed by atoms with Gasteiger partial charge in [-0.25, -0.2) is 4.39 Å². The van der Waals surface area contributed by atoms with Crippen molar-refractivity contribution in [3.8, 4) is 10.4 Å². The van der Waals surface area contributed by atoms with Crippen molar-refractivity contribution < 1.29 is 13.9 Å². The number of hydrogen-bond acceptors (Lipinski definition) is 4. The lowest BCUT2D eigenvalue weighted by Gasteiger charge is -2.15. The number of rotatable bonds is 9. The van der Waals surface area contributed by atoms with E-state index in [0.717, 1.165) is 28.4 Å². The largest absolute Gasteiger partial charge is 0.383 e. The summed E-state index contributed by atoms with van der Waals surface area (Å²) in [7, 11) is 3.66. The Hall–Kier alpha value is -2.02. The second-order valence-corrected chi connectivity index (χ2v) is 6.74. The minimum absolute atomic E-state index is 0.114. The molecule has 134 valence electrons. The molecule has 1 heterocycles. The Kier molecular flexibility index (Phi) is 7.78. The second-order valence-electron chi connectivity index (χ2n) is 5.63. The SMILES string of the molecule is COCCN(C)CCNC(=O)/C=C/c1ccc(-c2ccc(F)cc2)s1. The van der Waals surface area contributed by atoms with Crippen LogP contribution in [0.15, 0.2) is 42.5 Å². The minimum atomic E-state index is -0.245. The number of hydrogen-bond donors (Lipinski definition) is 1. The fraction of sp³-hybridized carbons (Fsp3) is 0.316. The fourth-order valence-electron chi connectivity index (χ4n) is 2.16. The van der Waals surface area contributed by atoms with Gasteiger partial charge in [-0.1, -0.05) is 12.1 Å². The molecule has 25 heavy (non-hydrogen) atoms. The number of ether oxygens (including phenoxy) is 1. The zero-order chi connectivity index (χ0) is 18.1. The van der Waals surface area contributed by atoms with Crippen LogP contribution in [0.4, 0.5) is 4.39 Å². The van der Waals surface area contributed by atoms with Crippen LogP contribution in [0.25, 0.3) is 16.5 Å². The van der Waals surface area contributed by atoms with Gasteiger partial charge in [0.05, 0.1) is 6.61 Å². The molecule has 1 aromatic heterocycles. The Labute approximate surface area is 151 Å². The van der Waals surface area contributed by atoms with Crippen LogP contribution in [0.1, 0.15) is 4.88 Å². The molecule has 0 aliphatic rings. The summed E-state index contributed by atoms with van der Waals surface area (Å²) < 4.78 is 18.0. The average molecular weight is 362 g/mol. The lowest BCUT2D eigenvalue weighted by Crippen LogP contribution is -2.33. The lowest BCUT2D eigenvalue weighted by molar-refractivity contribution is -0.116. The molecule has 0 radical (unpaired) electrons. The molecule has 6 heteroatoms. The highest BCUT2D eigenvalue weighted by Gasteiger charge is 2.03. The summed E-state index contributed by atoms with van der Waals surface area (Å²) in [6.45, 7) is 2.88. The Balaban J connectivity index is 1.79. The zero-order valence-corrected chi connectivity index (χ0v) is 15.3. The first-order chi connectivity index (χ1) is 12.1. The highest BCUT2D eigenvalue weighted by molar-refractivity contribution is 7.16. The highest BCUT2D eigenvalue weighted by Crippen LogP contribution is 2.28. The third kappa shape index (κ3) is 6.78. The molecule has 0 unspecified atom stereocenters. The monoisotopic (exact) mass is 362 g/mol. The lowest BCUT2D eigenvalue weighted by atomic mass is 10.2. The normalized spacial score (nSPS) is 11.4. The molecule has 4 nitrogen and oxygen atoms in total. The first kappa shape index (κ1) is 19.3. The quantitative estimate of drug-likeness (QED) is 0.696. The van der Waals surface area contributed by atoms with Crippen molar-refractivity contribution in [2.24, 2.45) is 0 Å². The van der Waals surface area contributed by atoms with E-state index in [1.54, 1.807) is 36.7 Å². The summed E-state index contributed by atoms with van der Waals surface area (Å²) in [4.78, 5) is 16.0. The van der Waals surface area contributed by atoms with Gasteiger partial charge < -0.3 is 15.0 Å². The van der Waals surface area contributed by atoms with Crippen molar-refractivity contribution in [1.29, 1.82) is 0 Å². The van der Waals surface area contributed by atoms with Crippen LogP contribution in [-0.2, 0) is 9.53 Å². The molecule has 1 N–H and O–H groups in total. The van der Waals surface area contributed by atoms with Gasteiger partial charge in [0, 0.05) is 42.6 Å². The van der Waals surface area contributed by atoms with Gasteiger partial charge in [0.15, 0.2) is 0 Å². The highest BCUT2D eigenvalue weighted by atomic mass is 32.1. The van der Waals surface area contributed by atoms with Crippen molar-refractivity contribution in [2.75, 3.05) is 40.4 Å². The number of nitrogens with zero attached hydrogens (tertiary/aromatic N) is 1. The molecule has 0 saturated carbocycles. The van der Waals surface area contributed by atoms with E-state index in [0.29, 0.717) is 13.2 Å². The Bertz CT molecular complexity index is 698. The summed E-state index contributed by atoms with van der Waals surface area (Å²) in [5.41, 5.74) is 0.967. The first-order valence-corrected chi connectivity index (χ1v) is 8.89. The molecule has 0 saturated heterocycles. The molecular weight excluding hydrogens is 339 g/mol. The van der Waals surface area contributed by atoms with E-state index in [4.69, 9.17) is 4.74 Å². The number of thiophene rings is 1. The predicted octanol–water partition coefficient (Wildman–Crippen LogP) is 3.26. The Morgan fingerprint density at radius 2 is 2.00 bits per heavy atom. The number of carbonyl (C=O) groups is 1. The number of likely N-dealkylation sites (N-methyl/N-ethyl adjacent to an activating group) is 1. The standard InChI is InChI=1S/C19H23FN2O2S/c1-22(13-14-24-2)12-11-21-19(23)10-8-17-7-9-18(25-17)15-3-5-16(20)6-4-15/h3-10H,11-14H2,1-2H3,(H,21,23)/b10-8+. The summed E-state index contributed by atoms with van der Waals surface area (Å²) in [6, 6.07) is 10.3. The number of methoxy groups -OCH3 is 1. The van der Waals surface area contributed by atoms with E-state index in [1.165, 1.54) is 18.2 Å². The van der Waals surface area contributed by atoms with E-state index in [2.05, 4.69) is 10.2 Å². The molecule has 0 aliphatic carbocycles. The third-order valence-electron chi connectivity index (χ3n) is 3.62. The third-order valence-corrected chi connectivity index (χ3v) is 4.72. The molecule has 0 aliphatic heterocycles. The molecule has 0 bridgehead atoms. The number of amides is 1. The molecule has 2 aromatic rings. The summed E-state index contributed by atoms with van der Waals surface area (Å²) in [5, 5.41) is 2.86. The number of halogens is 1. The molecule has 0 atom stereocenters. The molecule has 2 rings (SSSR count). The predicted molar refractivity (Wildman–Crippen MR) is 101 cm³/mol. The molecule has 0 spiro atoms. The van der Waals surface area contributed by atoms with Crippen LogP contribution in [-0.4, -0.2) is 51.2 Å². The van der Waals surface area contributed by atoms with Crippen LogP contribution < -0.4 is 5.32 Å². The molecule has 0 fully saturated rings. The number of carbonyl (C=O) groups excluding carboxylic acids is 1. The van der Waals surface area contributed by atoms with Crippen molar-refractivity contribution in [3.63, 3.8) is 0 Å². The number of benzene rings is 1. The molecule has 1 aromatic carbocycles. The Morgan fingerprint density at radius 3 is 2.72 bits per heavy atom. The smallest absolute Gasteiger partial charge is 0.244 e. The van der Waals surface area contributed by atoms with Gasteiger partial charge in [-0.2, -0.15) is 0 Å². The average Bonchev–Trinajstić information content (AvgIpc) is 3.08. The van der Waals surface area contributed by atoms with E-state index in [9.17, 15) is 9.18 Å². The van der Waals surface area contributed by atoms with Gasteiger partial charge in [-0.05, 0) is 43.0 Å². The van der Waals surface area contributed by atoms with Crippen LogP contribution in [0.2, 0.25) is 0 Å². The van der Waals surface area contributed by atoms with Crippen LogP contribution in [0.5, 0.6) is 0 Å². The number of nitrogens with one attached hydrogen (secondary N) is 1. The minimum Gasteiger partial charge on any atom is -0.383 e. The fourth-order valence-corrected chi connectivity index (χ4v) is 3.07. The molecular formula is C19H23FN2O2S. The van der Waals surface area contributed by atoms with Gasteiger partial charge in [0.2, 0.25) is 5.91 Å². The second kappa shape index (κ2) is 10.1. The summed E-state index contributed by atoms with van der Waals surface area (Å²) >= 11 is 1.56. The van der Waals surface area contributed by atoms with Crippen LogP contribution in [0, 0.1) is 5.82 Å². The summed E-state index contributed by atoms with van der Waals surface area (Å²) in [5.74, 6) is -0.359. The van der Waals surface area contributed by atoms with Crippen molar-refractivity contribution in [1.82, 2.24) is 10.2 Å². The van der Waals surface area contributed by atoms with Crippen LogP contribution in [0.3, 0.4) is 0 Å². The van der Waals surface area contributed by atoms with E-state index in [1.807, 2.05) is 19.2 Å². The van der Waals surface area contributed by atoms with Crippen molar-refractivity contribution >= 4 is 23.3 Å². The van der Waals surface area contributed by atoms with E-state index in [-0.39, 0.29) is 11.7 Å². The maximum Gasteiger partial charge on any atom is 0.244 e. The first-order valence-electron chi connectivity index (χ1n) is 8.07.